The molecular formula is C16H16ClFN2OS. The van der Waals surface area contributed by atoms with Crippen molar-refractivity contribution in [2.24, 2.45) is 0 Å². The number of hydrogen-bond donors (Lipinski definition) is 2. The third kappa shape index (κ3) is 4.32. The molecule has 3 nitrogen and oxygen atoms in total. The lowest BCUT2D eigenvalue weighted by Crippen LogP contribution is -2.30. The Labute approximate surface area is 139 Å². The first-order chi connectivity index (χ1) is 10.5. The summed E-state index contributed by atoms with van der Waals surface area (Å²) >= 11 is 11.1. The predicted octanol–water partition coefficient (Wildman–Crippen LogP) is 4.54. The van der Waals surface area contributed by atoms with Gasteiger partial charge in [-0.15, -0.1) is 0 Å². The molecule has 0 amide bonds. The third-order valence-electron chi connectivity index (χ3n) is 3.13. The minimum Gasteiger partial charge on any atom is -0.494 e. The number of hydrogen-bond acceptors (Lipinski definition) is 2. The van der Waals surface area contributed by atoms with E-state index >= 15 is 0 Å². The molecule has 0 saturated carbocycles. The first-order valence-electron chi connectivity index (χ1n) is 6.66. The number of halogens is 2. The molecule has 2 rings (SSSR count). The fourth-order valence-electron chi connectivity index (χ4n) is 1.93. The van der Waals surface area contributed by atoms with Crippen LogP contribution in [0.4, 0.5) is 10.1 Å². The van der Waals surface area contributed by atoms with Crippen LogP contribution >= 0.6 is 23.8 Å². The Bertz CT molecular complexity index is 664. The quantitative estimate of drug-likeness (QED) is 0.802. The van der Waals surface area contributed by atoms with Gasteiger partial charge < -0.3 is 15.4 Å². The third-order valence-corrected chi connectivity index (χ3v) is 3.60. The van der Waals surface area contributed by atoms with Crippen molar-refractivity contribution in [3.63, 3.8) is 0 Å². The van der Waals surface area contributed by atoms with E-state index in [1.807, 2.05) is 19.1 Å². The van der Waals surface area contributed by atoms with Crippen molar-refractivity contribution in [2.75, 3.05) is 12.4 Å². The molecule has 0 saturated heterocycles. The van der Waals surface area contributed by atoms with Crippen LogP contribution in [0.3, 0.4) is 0 Å². The van der Waals surface area contributed by atoms with Gasteiger partial charge in [0, 0.05) is 10.7 Å². The molecule has 0 radical (unpaired) electrons. The second kappa shape index (κ2) is 7.42. The SMILES string of the molecule is COc1ccc([C@H](C)NC(=S)Nc2ccc(Cl)cc2)cc1F. The van der Waals surface area contributed by atoms with Crippen LogP contribution in [0.2, 0.25) is 5.02 Å². The number of thiocarbonyl (C=S) groups is 1. The lowest BCUT2D eigenvalue weighted by atomic mass is 10.1. The topological polar surface area (TPSA) is 33.3 Å². The number of nitrogens with one attached hydrogen (secondary N) is 2. The Hall–Kier alpha value is -1.85. The van der Waals surface area contributed by atoms with E-state index < -0.39 is 5.82 Å². The van der Waals surface area contributed by atoms with Crippen molar-refractivity contribution < 1.29 is 9.13 Å². The van der Waals surface area contributed by atoms with E-state index in [2.05, 4.69) is 10.6 Å². The van der Waals surface area contributed by atoms with Crippen LogP contribution in [0.25, 0.3) is 0 Å². The molecule has 0 aliphatic carbocycles. The Kier molecular flexibility index (Phi) is 5.57. The van der Waals surface area contributed by atoms with Gasteiger partial charge in [-0.2, -0.15) is 0 Å². The Balaban J connectivity index is 1.98. The predicted molar refractivity (Wildman–Crippen MR) is 92.2 cm³/mol. The van der Waals surface area contributed by atoms with Crippen molar-refractivity contribution in [1.82, 2.24) is 5.32 Å². The van der Waals surface area contributed by atoms with Gasteiger partial charge in [0.2, 0.25) is 0 Å². The molecule has 6 heteroatoms. The van der Waals surface area contributed by atoms with Gasteiger partial charge in [0.1, 0.15) is 0 Å². The Morgan fingerprint density at radius 1 is 1.23 bits per heavy atom. The van der Waals surface area contributed by atoms with E-state index in [0.29, 0.717) is 10.1 Å². The summed E-state index contributed by atoms with van der Waals surface area (Å²) in [5.74, 6) is -0.178. The molecule has 2 aromatic rings. The zero-order chi connectivity index (χ0) is 16.1. The van der Waals surface area contributed by atoms with E-state index in [1.54, 1.807) is 24.3 Å². The molecule has 0 aromatic heterocycles. The van der Waals surface area contributed by atoms with Gasteiger partial charge in [0.15, 0.2) is 16.7 Å². The molecule has 2 aromatic carbocycles. The van der Waals surface area contributed by atoms with Crippen LogP contribution in [-0.2, 0) is 0 Å². The molecule has 1 atom stereocenters. The van der Waals surface area contributed by atoms with Crippen molar-refractivity contribution in [2.45, 2.75) is 13.0 Å². The first-order valence-corrected chi connectivity index (χ1v) is 7.44. The minimum atomic E-state index is -0.398. The Morgan fingerprint density at radius 3 is 2.50 bits per heavy atom. The molecule has 0 heterocycles. The smallest absolute Gasteiger partial charge is 0.171 e. The van der Waals surface area contributed by atoms with Crippen molar-refractivity contribution >= 4 is 34.6 Å². The second-order valence-corrected chi connectivity index (χ2v) is 5.57. The van der Waals surface area contributed by atoms with Crippen LogP contribution < -0.4 is 15.4 Å². The molecule has 2 N–H and O–H groups in total. The van der Waals surface area contributed by atoms with Crippen LogP contribution in [0.1, 0.15) is 18.5 Å². The molecule has 0 fully saturated rings. The van der Waals surface area contributed by atoms with Gasteiger partial charge in [0.05, 0.1) is 13.2 Å². The highest BCUT2D eigenvalue weighted by Gasteiger charge is 2.10. The van der Waals surface area contributed by atoms with Crippen LogP contribution in [0.5, 0.6) is 5.75 Å². The summed E-state index contributed by atoms with van der Waals surface area (Å²) in [6.07, 6.45) is 0. The maximum Gasteiger partial charge on any atom is 0.171 e. The average molecular weight is 339 g/mol. The molecule has 0 aliphatic rings. The highest BCUT2D eigenvalue weighted by Crippen LogP contribution is 2.22. The summed E-state index contributed by atoms with van der Waals surface area (Å²) in [4.78, 5) is 0. The van der Waals surface area contributed by atoms with Gasteiger partial charge in [-0.3, -0.25) is 0 Å². The van der Waals surface area contributed by atoms with E-state index in [-0.39, 0.29) is 11.8 Å². The van der Waals surface area contributed by atoms with Crippen molar-refractivity contribution in [3.05, 3.63) is 58.9 Å². The van der Waals surface area contributed by atoms with Crippen LogP contribution in [0.15, 0.2) is 42.5 Å². The van der Waals surface area contributed by atoms with E-state index in [1.165, 1.54) is 13.2 Å². The summed E-state index contributed by atoms with van der Waals surface area (Å²) in [5.41, 5.74) is 1.61. The highest BCUT2D eigenvalue weighted by molar-refractivity contribution is 7.80. The highest BCUT2D eigenvalue weighted by atomic mass is 35.5. The van der Waals surface area contributed by atoms with Crippen molar-refractivity contribution in [1.29, 1.82) is 0 Å². The average Bonchev–Trinajstić information content (AvgIpc) is 2.49. The molecule has 0 spiro atoms. The summed E-state index contributed by atoms with van der Waals surface area (Å²) < 4.78 is 18.6. The number of rotatable bonds is 4. The van der Waals surface area contributed by atoms with Crippen LogP contribution in [0, 0.1) is 5.82 Å². The van der Waals surface area contributed by atoms with E-state index in [0.717, 1.165) is 11.3 Å². The first kappa shape index (κ1) is 16.5. The lowest BCUT2D eigenvalue weighted by Gasteiger charge is -2.18. The second-order valence-electron chi connectivity index (χ2n) is 4.72. The van der Waals surface area contributed by atoms with Crippen LogP contribution in [-0.4, -0.2) is 12.2 Å². The summed E-state index contributed by atoms with van der Waals surface area (Å²) in [7, 11) is 1.44. The molecule has 0 aliphatic heterocycles. The van der Waals surface area contributed by atoms with Gasteiger partial charge in [-0.1, -0.05) is 17.7 Å². The zero-order valence-electron chi connectivity index (χ0n) is 12.2. The van der Waals surface area contributed by atoms with Gasteiger partial charge in [-0.05, 0) is 61.1 Å². The maximum atomic E-state index is 13.7. The summed E-state index contributed by atoms with van der Waals surface area (Å²) in [5, 5.41) is 7.26. The monoisotopic (exact) mass is 338 g/mol. The Morgan fingerprint density at radius 2 is 1.91 bits per heavy atom. The standard InChI is InChI=1S/C16H16ClFN2OS/c1-10(11-3-8-15(21-2)14(18)9-11)19-16(22)20-13-6-4-12(17)5-7-13/h3-10H,1-2H3,(H2,19,20,22)/t10-/m0/s1. The lowest BCUT2D eigenvalue weighted by molar-refractivity contribution is 0.386. The van der Waals surface area contributed by atoms with Gasteiger partial charge in [0.25, 0.3) is 0 Å². The van der Waals surface area contributed by atoms with E-state index in [4.69, 9.17) is 28.6 Å². The maximum absolute atomic E-state index is 13.7. The van der Waals surface area contributed by atoms with Gasteiger partial charge >= 0.3 is 0 Å². The summed E-state index contributed by atoms with van der Waals surface area (Å²) in [6, 6.07) is 11.9. The fraction of sp³-hybridized carbons (Fsp3) is 0.188. The summed E-state index contributed by atoms with van der Waals surface area (Å²) in [6.45, 7) is 1.90. The minimum absolute atomic E-state index is 0.146. The molecular weight excluding hydrogens is 323 g/mol. The number of ether oxygens (including phenoxy) is 1. The number of methoxy groups -OCH3 is 1. The molecule has 116 valence electrons. The largest absolute Gasteiger partial charge is 0.494 e. The number of benzene rings is 2. The van der Waals surface area contributed by atoms with Gasteiger partial charge in [-0.25, -0.2) is 4.39 Å². The zero-order valence-corrected chi connectivity index (χ0v) is 13.8. The fourth-order valence-corrected chi connectivity index (χ4v) is 2.35. The van der Waals surface area contributed by atoms with Crippen molar-refractivity contribution in [3.8, 4) is 5.75 Å². The normalized spacial score (nSPS) is 11.6. The number of anilines is 1. The van der Waals surface area contributed by atoms with E-state index in [9.17, 15) is 4.39 Å². The molecule has 0 bridgehead atoms. The molecule has 22 heavy (non-hydrogen) atoms. The molecule has 0 unspecified atom stereocenters.